The van der Waals surface area contributed by atoms with E-state index in [1.165, 1.54) is 4.31 Å². The molecule has 1 heterocycles. The molecule has 0 spiro atoms. The molecule has 20 heavy (non-hydrogen) atoms. The maximum atomic E-state index is 12.3. The number of carboxylic acid groups (broad SMARTS) is 1. The smallest absolute Gasteiger partial charge is 0.317 e. The van der Waals surface area contributed by atoms with Crippen LogP contribution in [0, 0.1) is 0 Å². The number of piperazine rings is 1. The third kappa shape index (κ3) is 4.03. The molecule has 110 valence electrons. The molecule has 6 nitrogen and oxygen atoms in total. The molecule has 0 atom stereocenters. The van der Waals surface area contributed by atoms with Gasteiger partial charge in [-0.3, -0.25) is 9.69 Å². The van der Waals surface area contributed by atoms with Crippen molar-refractivity contribution >= 4 is 16.0 Å². The Balaban J connectivity index is 1.94. The third-order valence-corrected chi connectivity index (χ3v) is 5.13. The summed E-state index contributed by atoms with van der Waals surface area (Å²) in [6.07, 6.45) is 0. The summed E-state index contributed by atoms with van der Waals surface area (Å²) in [5.74, 6) is -0.891. The van der Waals surface area contributed by atoms with E-state index in [1.54, 1.807) is 17.0 Å². The predicted octanol–water partition coefficient (Wildman–Crippen LogP) is 0.219. The van der Waals surface area contributed by atoms with Crippen LogP contribution in [-0.4, -0.2) is 61.4 Å². The molecule has 2 rings (SSSR count). The molecule has 0 amide bonds. The van der Waals surface area contributed by atoms with Gasteiger partial charge in [-0.05, 0) is 5.56 Å². The summed E-state index contributed by atoms with van der Waals surface area (Å²) in [5.41, 5.74) is 0.764. The van der Waals surface area contributed by atoms with Gasteiger partial charge in [0.2, 0.25) is 10.0 Å². The molecule has 1 fully saturated rings. The predicted molar refractivity (Wildman–Crippen MR) is 74.7 cm³/mol. The number of carbonyl (C=O) groups is 1. The lowest BCUT2D eigenvalue weighted by molar-refractivity contribution is -0.138. The number of hydrogen-bond acceptors (Lipinski definition) is 4. The Morgan fingerprint density at radius 3 is 2.25 bits per heavy atom. The lowest BCUT2D eigenvalue weighted by atomic mass is 10.2. The Labute approximate surface area is 118 Å². The van der Waals surface area contributed by atoms with Crippen molar-refractivity contribution in [3.63, 3.8) is 0 Å². The van der Waals surface area contributed by atoms with Crippen molar-refractivity contribution in [3.8, 4) is 0 Å². The van der Waals surface area contributed by atoms with Crippen LogP contribution < -0.4 is 0 Å². The van der Waals surface area contributed by atoms with Crippen LogP contribution in [0.15, 0.2) is 30.3 Å². The highest BCUT2D eigenvalue weighted by Gasteiger charge is 2.27. The van der Waals surface area contributed by atoms with Crippen LogP contribution in [0.25, 0.3) is 0 Å². The van der Waals surface area contributed by atoms with Crippen LogP contribution in [-0.2, 0) is 20.6 Å². The van der Waals surface area contributed by atoms with Crippen molar-refractivity contribution in [3.05, 3.63) is 35.9 Å². The number of rotatable bonds is 5. The normalized spacial score (nSPS) is 18.0. The van der Waals surface area contributed by atoms with Gasteiger partial charge in [-0.1, -0.05) is 30.3 Å². The lowest BCUT2D eigenvalue weighted by Crippen LogP contribution is -2.50. The zero-order valence-corrected chi connectivity index (χ0v) is 11.9. The molecule has 1 saturated heterocycles. The van der Waals surface area contributed by atoms with Gasteiger partial charge >= 0.3 is 5.97 Å². The van der Waals surface area contributed by atoms with Crippen LogP contribution in [0.2, 0.25) is 0 Å². The standard InChI is InChI=1S/C13H18N2O4S/c16-13(17)10-14-6-8-15(9-7-14)20(18,19)11-12-4-2-1-3-5-12/h1-5H,6-11H2,(H,16,17). The summed E-state index contributed by atoms with van der Waals surface area (Å²) in [6.45, 7) is 1.58. The van der Waals surface area contributed by atoms with Gasteiger partial charge in [-0.25, -0.2) is 8.42 Å². The highest BCUT2D eigenvalue weighted by atomic mass is 32.2. The number of hydrogen-bond donors (Lipinski definition) is 1. The van der Waals surface area contributed by atoms with Crippen molar-refractivity contribution in [1.29, 1.82) is 0 Å². The Bertz CT molecular complexity index is 551. The Morgan fingerprint density at radius 1 is 1.10 bits per heavy atom. The average Bonchev–Trinajstić information content (AvgIpc) is 2.39. The van der Waals surface area contributed by atoms with E-state index in [0.29, 0.717) is 26.2 Å². The molecule has 1 aromatic rings. The summed E-state index contributed by atoms with van der Waals surface area (Å²) < 4.78 is 26.0. The summed E-state index contributed by atoms with van der Waals surface area (Å²) in [7, 11) is -3.33. The number of benzene rings is 1. The fraction of sp³-hybridized carbons (Fsp3) is 0.462. The van der Waals surface area contributed by atoms with E-state index in [4.69, 9.17) is 5.11 Å². The van der Waals surface area contributed by atoms with Gasteiger partial charge in [-0.15, -0.1) is 0 Å². The van der Waals surface area contributed by atoms with Gasteiger partial charge < -0.3 is 5.11 Å². The van der Waals surface area contributed by atoms with Crippen LogP contribution in [0.3, 0.4) is 0 Å². The molecule has 7 heteroatoms. The zero-order valence-electron chi connectivity index (χ0n) is 11.1. The van der Waals surface area contributed by atoms with Crippen LogP contribution in [0.1, 0.15) is 5.56 Å². The number of carboxylic acids is 1. The van der Waals surface area contributed by atoms with E-state index < -0.39 is 16.0 Å². The molecular weight excluding hydrogens is 280 g/mol. The highest BCUT2D eigenvalue weighted by Crippen LogP contribution is 2.13. The first-order valence-electron chi connectivity index (χ1n) is 6.43. The Kier molecular flexibility index (Phi) is 4.74. The first-order valence-corrected chi connectivity index (χ1v) is 8.04. The number of nitrogens with zero attached hydrogens (tertiary/aromatic N) is 2. The summed E-state index contributed by atoms with van der Waals surface area (Å²) in [4.78, 5) is 12.4. The van der Waals surface area contributed by atoms with Crippen molar-refractivity contribution < 1.29 is 18.3 Å². The minimum atomic E-state index is -3.33. The minimum absolute atomic E-state index is 0.00717. The zero-order chi connectivity index (χ0) is 14.6. The lowest BCUT2D eigenvalue weighted by Gasteiger charge is -2.33. The van der Waals surface area contributed by atoms with Gasteiger partial charge in [-0.2, -0.15) is 4.31 Å². The molecule has 0 aromatic heterocycles. The first-order chi connectivity index (χ1) is 9.47. The van der Waals surface area contributed by atoms with Gasteiger partial charge in [0, 0.05) is 26.2 Å². The van der Waals surface area contributed by atoms with Gasteiger partial charge in [0.05, 0.1) is 12.3 Å². The molecule has 1 aromatic carbocycles. The molecule has 1 aliphatic rings. The van der Waals surface area contributed by atoms with Crippen LogP contribution in [0.4, 0.5) is 0 Å². The first kappa shape index (κ1) is 15.0. The van der Waals surface area contributed by atoms with E-state index in [9.17, 15) is 13.2 Å². The van der Waals surface area contributed by atoms with Crippen molar-refractivity contribution in [2.24, 2.45) is 0 Å². The number of aliphatic carboxylic acids is 1. The molecular formula is C13H18N2O4S. The van der Waals surface area contributed by atoms with Crippen molar-refractivity contribution in [2.75, 3.05) is 32.7 Å². The van der Waals surface area contributed by atoms with Crippen LogP contribution >= 0.6 is 0 Å². The van der Waals surface area contributed by atoms with Gasteiger partial charge in [0.25, 0.3) is 0 Å². The largest absolute Gasteiger partial charge is 0.480 e. The van der Waals surface area contributed by atoms with Crippen LogP contribution in [0.5, 0.6) is 0 Å². The van der Waals surface area contributed by atoms with E-state index in [2.05, 4.69) is 0 Å². The maximum absolute atomic E-state index is 12.3. The van der Waals surface area contributed by atoms with E-state index >= 15 is 0 Å². The molecule has 0 bridgehead atoms. The second-order valence-corrected chi connectivity index (χ2v) is 6.78. The van der Waals surface area contributed by atoms with E-state index in [0.717, 1.165) is 5.56 Å². The average molecular weight is 298 g/mol. The topological polar surface area (TPSA) is 77.9 Å². The second-order valence-electron chi connectivity index (χ2n) is 4.81. The Morgan fingerprint density at radius 2 is 1.70 bits per heavy atom. The van der Waals surface area contributed by atoms with Gasteiger partial charge in [0.15, 0.2) is 0 Å². The SMILES string of the molecule is O=C(O)CN1CCN(S(=O)(=O)Cc2ccccc2)CC1. The fourth-order valence-corrected chi connectivity index (χ4v) is 3.75. The monoisotopic (exact) mass is 298 g/mol. The molecule has 0 aliphatic carbocycles. The molecule has 0 radical (unpaired) electrons. The summed E-state index contributed by atoms with van der Waals surface area (Å²) in [5, 5.41) is 8.71. The summed E-state index contributed by atoms with van der Waals surface area (Å²) in [6, 6.07) is 9.06. The molecule has 0 unspecified atom stereocenters. The number of sulfonamides is 1. The van der Waals surface area contributed by atoms with Crippen molar-refractivity contribution in [2.45, 2.75) is 5.75 Å². The van der Waals surface area contributed by atoms with Crippen molar-refractivity contribution in [1.82, 2.24) is 9.21 Å². The van der Waals surface area contributed by atoms with E-state index in [1.807, 2.05) is 18.2 Å². The quantitative estimate of drug-likeness (QED) is 0.841. The highest BCUT2D eigenvalue weighted by molar-refractivity contribution is 7.88. The molecule has 1 aliphatic heterocycles. The molecule has 0 saturated carbocycles. The summed E-state index contributed by atoms with van der Waals surface area (Å²) >= 11 is 0. The maximum Gasteiger partial charge on any atom is 0.317 e. The minimum Gasteiger partial charge on any atom is -0.480 e. The Hall–Kier alpha value is -1.44. The van der Waals surface area contributed by atoms with E-state index in [-0.39, 0.29) is 12.3 Å². The second kappa shape index (κ2) is 6.34. The molecule has 1 N–H and O–H groups in total. The fourth-order valence-electron chi connectivity index (χ4n) is 2.23. The third-order valence-electron chi connectivity index (χ3n) is 3.28. The van der Waals surface area contributed by atoms with Gasteiger partial charge in [0.1, 0.15) is 0 Å².